The lowest BCUT2D eigenvalue weighted by atomic mass is 9.97. The predicted octanol–water partition coefficient (Wildman–Crippen LogP) is 2.51. The summed E-state index contributed by atoms with van der Waals surface area (Å²) in [5, 5.41) is 26.1. The number of carbonyl (C=O) groups excluding carboxylic acids is 1. The number of non-ortho nitro benzene ring substituents is 1. The van der Waals surface area contributed by atoms with Crippen LogP contribution in [0.15, 0.2) is 24.3 Å². The van der Waals surface area contributed by atoms with E-state index in [9.17, 15) is 20.0 Å². The van der Waals surface area contributed by atoms with Gasteiger partial charge in [0.2, 0.25) is 0 Å². The quantitative estimate of drug-likeness (QED) is 0.530. The van der Waals surface area contributed by atoms with E-state index in [0.29, 0.717) is 17.9 Å². The average molecular weight is 321 g/mol. The number of nitro benzene ring substituents is 1. The number of aliphatic hydroxyl groups excluding tert-OH is 1. The number of aliphatic hydroxyl groups is 1. The Kier molecular flexibility index (Phi) is 5.20. The van der Waals surface area contributed by atoms with Crippen molar-refractivity contribution in [3.05, 3.63) is 39.9 Å². The van der Waals surface area contributed by atoms with E-state index in [-0.39, 0.29) is 24.4 Å². The second-order valence-electron chi connectivity index (χ2n) is 6.26. The van der Waals surface area contributed by atoms with Gasteiger partial charge in [-0.15, -0.1) is 0 Å². The van der Waals surface area contributed by atoms with E-state index in [4.69, 9.17) is 0 Å². The van der Waals surface area contributed by atoms with Crippen LogP contribution in [0.25, 0.3) is 0 Å². The normalized spacial score (nSPS) is 17.9. The lowest BCUT2D eigenvalue weighted by Gasteiger charge is -2.30. The molecule has 1 fully saturated rings. The van der Waals surface area contributed by atoms with Gasteiger partial charge in [0.25, 0.3) is 5.69 Å². The molecule has 1 aromatic carbocycles. The number of benzene rings is 1. The van der Waals surface area contributed by atoms with E-state index >= 15 is 0 Å². The molecule has 0 heterocycles. The molecule has 0 aliphatic heterocycles. The van der Waals surface area contributed by atoms with Crippen molar-refractivity contribution in [2.75, 3.05) is 6.61 Å². The van der Waals surface area contributed by atoms with Gasteiger partial charge in [0.05, 0.1) is 23.1 Å². The summed E-state index contributed by atoms with van der Waals surface area (Å²) >= 11 is 0. The Bertz CT molecular complexity index is 588. The van der Waals surface area contributed by atoms with Crippen LogP contribution in [0, 0.1) is 16.0 Å². The zero-order valence-corrected chi connectivity index (χ0v) is 13.4. The molecule has 126 valence electrons. The molecule has 1 aromatic rings. The first-order valence-electron chi connectivity index (χ1n) is 7.83. The topological polar surface area (TPSA) is 104 Å². The molecule has 1 aliphatic rings. The second kappa shape index (κ2) is 6.95. The fourth-order valence-electron chi connectivity index (χ4n) is 2.72. The van der Waals surface area contributed by atoms with Crippen molar-refractivity contribution in [1.82, 2.24) is 10.6 Å². The zero-order chi connectivity index (χ0) is 17.0. The van der Waals surface area contributed by atoms with Gasteiger partial charge >= 0.3 is 6.03 Å². The molecule has 2 amide bonds. The molecule has 3 N–H and O–H groups in total. The molecule has 1 aliphatic carbocycles. The minimum Gasteiger partial charge on any atom is -0.394 e. The van der Waals surface area contributed by atoms with Crippen molar-refractivity contribution in [3.8, 4) is 0 Å². The van der Waals surface area contributed by atoms with E-state index in [1.807, 2.05) is 13.8 Å². The Hall–Kier alpha value is -2.15. The van der Waals surface area contributed by atoms with Gasteiger partial charge in [-0.1, -0.05) is 19.1 Å². The second-order valence-corrected chi connectivity index (χ2v) is 6.26. The van der Waals surface area contributed by atoms with Crippen LogP contribution in [0.5, 0.6) is 0 Å². The molecule has 0 spiro atoms. The van der Waals surface area contributed by atoms with Crippen LogP contribution in [0.4, 0.5) is 10.5 Å². The third-order valence-electron chi connectivity index (χ3n) is 4.40. The number of nitrogens with zero attached hydrogens (tertiary/aromatic N) is 1. The van der Waals surface area contributed by atoms with E-state index in [0.717, 1.165) is 12.8 Å². The third-order valence-corrected chi connectivity index (χ3v) is 4.40. The van der Waals surface area contributed by atoms with Crippen LogP contribution in [-0.4, -0.2) is 28.2 Å². The molecule has 0 bridgehead atoms. The molecule has 0 radical (unpaired) electrons. The third kappa shape index (κ3) is 4.19. The molecule has 7 heteroatoms. The number of nitro groups is 1. The summed E-state index contributed by atoms with van der Waals surface area (Å²) in [6.45, 7) is 3.62. The van der Waals surface area contributed by atoms with Crippen molar-refractivity contribution < 1.29 is 14.8 Å². The van der Waals surface area contributed by atoms with Crippen molar-refractivity contribution in [2.45, 2.75) is 44.7 Å². The standard InChI is InChI=1S/C16H23N3O4/c1-3-14(11-5-4-6-13(9-11)19(22)23)17-15(21)18-16(2,10-20)12-7-8-12/h4-6,9,12,14,20H,3,7-8,10H2,1-2H3,(H2,17,18,21). The van der Waals surface area contributed by atoms with Crippen LogP contribution < -0.4 is 10.6 Å². The molecule has 2 rings (SSSR count). The molecular formula is C16H23N3O4. The maximum Gasteiger partial charge on any atom is 0.315 e. The molecule has 23 heavy (non-hydrogen) atoms. The number of rotatable bonds is 7. The van der Waals surface area contributed by atoms with E-state index in [2.05, 4.69) is 10.6 Å². The first kappa shape index (κ1) is 17.2. The highest BCUT2D eigenvalue weighted by atomic mass is 16.6. The number of carbonyl (C=O) groups is 1. The highest BCUT2D eigenvalue weighted by Crippen LogP contribution is 2.39. The Balaban J connectivity index is 2.05. The smallest absolute Gasteiger partial charge is 0.315 e. The first-order valence-corrected chi connectivity index (χ1v) is 7.83. The van der Waals surface area contributed by atoms with Crippen LogP contribution in [0.2, 0.25) is 0 Å². The van der Waals surface area contributed by atoms with Gasteiger partial charge in [-0.3, -0.25) is 10.1 Å². The van der Waals surface area contributed by atoms with E-state index in [1.165, 1.54) is 12.1 Å². The molecule has 0 saturated heterocycles. The van der Waals surface area contributed by atoms with Crippen molar-refractivity contribution in [2.24, 2.45) is 5.92 Å². The number of hydrogen-bond acceptors (Lipinski definition) is 4. The monoisotopic (exact) mass is 321 g/mol. The van der Waals surface area contributed by atoms with Crippen molar-refractivity contribution >= 4 is 11.7 Å². The zero-order valence-electron chi connectivity index (χ0n) is 13.4. The van der Waals surface area contributed by atoms with Crippen LogP contribution in [0.3, 0.4) is 0 Å². The van der Waals surface area contributed by atoms with Crippen molar-refractivity contribution in [3.63, 3.8) is 0 Å². The summed E-state index contributed by atoms with van der Waals surface area (Å²) in [6.07, 6.45) is 2.60. The van der Waals surface area contributed by atoms with Gasteiger partial charge in [-0.25, -0.2) is 4.79 Å². The lowest BCUT2D eigenvalue weighted by molar-refractivity contribution is -0.384. The minimum atomic E-state index is -0.620. The fourth-order valence-corrected chi connectivity index (χ4v) is 2.72. The van der Waals surface area contributed by atoms with Gasteiger partial charge in [-0.2, -0.15) is 0 Å². The molecular weight excluding hydrogens is 298 g/mol. The molecule has 0 aromatic heterocycles. The maximum absolute atomic E-state index is 12.2. The van der Waals surface area contributed by atoms with Crippen molar-refractivity contribution in [1.29, 1.82) is 0 Å². The highest BCUT2D eigenvalue weighted by Gasteiger charge is 2.42. The first-order chi connectivity index (χ1) is 10.9. The number of hydrogen-bond donors (Lipinski definition) is 3. The summed E-state index contributed by atoms with van der Waals surface area (Å²) in [6, 6.07) is 5.57. The van der Waals surface area contributed by atoms with Gasteiger partial charge in [0, 0.05) is 12.1 Å². The van der Waals surface area contributed by atoms with E-state index < -0.39 is 10.5 Å². The van der Waals surface area contributed by atoms with Gasteiger partial charge in [0.1, 0.15) is 0 Å². The number of urea groups is 1. The Morgan fingerprint density at radius 3 is 2.74 bits per heavy atom. The SMILES string of the molecule is CCC(NC(=O)NC(C)(CO)C1CC1)c1cccc([N+](=O)[O-])c1. The Labute approximate surface area is 135 Å². The van der Waals surface area contributed by atoms with Crippen LogP contribution in [-0.2, 0) is 0 Å². The Morgan fingerprint density at radius 1 is 1.52 bits per heavy atom. The summed E-state index contributed by atoms with van der Waals surface area (Å²) in [5.41, 5.74) is 0.0701. The summed E-state index contributed by atoms with van der Waals surface area (Å²) < 4.78 is 0. The molecule has 1 saturated carbocycles. The number of amides is 2. The number of nitrogens with one attached hydrogen (secondary N) is 2. The predicted molar refractivity (Wildman–Crippen MR) is 86.0 cm³/mol. The van der Waals surface area contributed by atoms with Gasteiger partial charge in [0.15, 0.2) is 0 Å². The van der Waals surface area contributed by atoms with Gasteiger partial charge < -0.3 is 15.7 Å². The maximum atomic E-state index is 12.2. The molecule has 2 atom stereocenters. The lowest BCUT2D eigenvalue weighted by Crippen LogP contribution is -2.54. The summed E-state index contributed by atoms with van der Waals surface area (Å²) in [5.74, 6) is 0.302. The minimum absolute atomic E-state index is 0.00124. The van der Waals surface area contributed by atoms with Gasteiger partial charge in [-0.05, 0) is 37.7 Å². The van der Waals surface area contributed by atoms with E-state index in [1.54, 1.807) is 12.1 Å². The summed E-state index contributed by atoms with van der Waals surface area (Å²) in [7, 11) is 0. The van der Waals surface area contributed by atoms with Crippen LogP contribution >= 0.6 is 0 Å². The molecule has 2 unspecified atom stereocenters. The van der Waals surface area contributed by atoms with Crippen LogP contribution in [0.1, 0.15) is 44.7 Å². The molecule has 7 nitrogen and oxygen atoms in total. The fraction of sp³-hybridized carbons (Fsp3) is 0.562. The largest absolute Gasteiger partial charge is 0.394 e. The highest BCUT2D eigenvalue weighted by molar-refractivity contribution is 5.75. The summed E-state index contributed by atoms with van der Waals surface area (Å²) in [4.78, 5) is 22.7. The Morgan fingerprint density at radius 2 is 2.22 bits per heavy atom. The average Bonchev–Trinajstić information content (AvgIpc) is 3.37.